The van der Waals surface area contributed by atoms with Crippen molar-refractivity contribution in [2.24, 2.45) is 5.92 Å². The second-order valence-corrected chi connectivity index (χ2v) is 7.32. The molecule has 3 rings (SSSR count). The molecule has 1 aliphatic rings. The van der Waals surface area contributed by atoms with Gasteiger partial charge in [0.05, 0.1) is 16.6 Å². The largest absolute Gasteiger partial charge is 0.390 e. The van der Waals surface area contributed by atoms with Crippen molar-refractivity contribution in [3.63, 3.8) is 0 Å². The third kappa shape index (κ3) is 3.72. The number of hydrogen-bond donors (Lipinski definition) is 2. The first-order valence-electron chi connectivity index (χ1n) is 8.30. The predicted molar refractivity (Wildman–Crippen MR) is 90.4 cm³/mol. The number of fused-ring (bicyclic) bond motifs is 1. The van der Waals surface area contributed by atoms with Crippen LogP contribution in [0, 0.1) is 12.8 Å². The number of carbonyl (C=O) groups is 1. The zero-order chi connectivity index (χ0) is 16.6. The van der Waals surface area contributed by atoms with Crippen molar-refractivity contribution >= 4 is 16.9 Å². The maximum atomic E-state index is 12.7. The van der Waals surface area contributed by atoms with Crippen LogP contribution in [0.1, 0.15) is 49.3 Å². The van der Waals surface area contributed by atoms with Crippen LogP contribution < -0.4 is 0 Å². The molecule has 0 bridgehead atoms. The van der Waals surface area contributed by atoms with Crippen molar-refractivity contribution in [2.45, 2.75) is 45.6 Å². The van der Waals surface area contributed by atoms with Gasteiger partial charge in [-0.3, -0.25) is 9.78 Å². The number of rotatable bonds is 3. The maximum Gasteiger partial charge on any atom is 0.270 e. The molecule has 2 aromatic heterocycles. The Morgan fingerprint density at radius 2 is 2.09 bits per heavy atom. The molecule has 0 aromatic carbocycles. The third-order valence-corrected chi connectivity index (χ3v) is 4.53. The number of aliphatic hydroxyl groups is 1. The number of amides is 1. The first kappa shape index (κ1) is 16.0. The van der Waals surface area contributed by atoms with Crippen LogP contribution in [-0.2, 0) is 0 Å². The van der Waals surface area contributed by atoms with Crippen molar-refractivity contribution in [1.82, 2.24) is 14.9 Å². The molecular weight excluding hydrogens is 290 g/mol. The van der Waals surface area contributed by atoms with Crippen molar-refractivity contribution in [1.29, 1.82) is 0 Å². The molecule has 5 nitrogen and oxygen atoms in total. The predicted octanol–water partition coefficient (Wildman–Crippen LogP) is 2.88. The van der Waals surface area contributed by atoms with Gasteiger partial charge in [0.2, 0.25) is 0 Å². The Labute approximate surface area is 136 Å². The number of likely N-dealkylation sites (tertiary alicyclic amines) is 1. The van der Waals surface area contributed by atoms with Crippen LogP contribution in [0.25, 0.3) is 11.0 Å². The lowest BCUT2D eigenvalue weighted by atomic mass is 9.86. The molecule has 1 fully saturated rings. The Morgan fingerprint density at radius 3 is 2.74 bits per heavy atom. The highest BCUT2D eigenvalue weighted by atomic mass is 16.3. The first-order chi connectivity index (χ1) is 10.8. The molecule has 124 valence electrons. The van der Waals surface area contributed by atoms with Crippen molar-refractivity contribution < 1.29 is 9.90 Å². The Kier molecular flexibility index (Phi) is 4.15. The summed E-state index contributed by atoms with van der Waals surface area (Å²) in [6.07, 6.45) is 2.70. The van der Waals surface area contributed by atoms with E-state index in [4.69, 9.17) is 0 Å². The van der Waals surface area contributed by atoms with Crippen LogP contribution in [0.4, 0.5) is 0 Å². The Hall–Kier alpha value is -1.88. The second kappa shape index (κ2) is 5.96. The van der Waals surface area contributed by atoms with E-state index in [2.05, 4.69) is 9.97 Å². The third-order valence-electron chi connectivity index (χ3n) is 4.53. The van der Waals surface area contributed by atoms with E-state index in [0.717, 1.165) is 49.1 Å². The van der Waals surface area contributed by atoms with Gasteiger partial charge in [0.15, 0.2) is 0 Å². The molecule has 2 N–H and O–H groups in total. The van der Waals surface area contributed by atoms with Gasteiger partial charge in [0.1, 0.15) is 5.69 Å². The average molecular weight is 315 g/mol. The van der Waals surface area contributed by atoms with E-state index in [1.807, 2.05) is 43.9 Å². The van der Waals surface area contributed by atoms with Gasteiger partial charge < -0.3 is 15.0 Å². The molecule has 0 saturated carbocycles. The van der Waals surface area contributed by atoms with E-state index >= 15 is 0 Å². The highest BCUT2D eigenvalue weighted by Gasteiger charge is 2.28. The van der Waals surface area contributed by atoms with Crippen LogP contribution in [0.2, 0.25) is 0 Å². The summed E-state index contributed by atoms with van der Waals surface area (Å²) in [7, 11) is 0. The van der Waals surface area contributed by atoms with Crippen molar-refractivity contribution in [3.8, 4) is 0 Å². The Bertz CT molecular complexity index is 707. The number of piperidine rings is 1. The number of nitrogens with one attached hydrogen (secondary N) is 1. The van der Waals surface area contributed by atoms with Gasteiger partial charge in [-0.25, -0.2) is 0 Å². The van der Waals surface area contributed by atoms with Crippen LogP contribution >= 0.6 is 0 Å². The smallest absolute Gasteiger partial charge is 0.270 e. The molecular formula is C18H25N3O2. The van der Waals surface area contributed by atoms with Gasteiger partial charge in [-0.2, -0.15) is 0 Å². The van der Waals surface area contributed by atoms with E-state index in [-0.39, 0.29) is 5.91 Å². The van der Waals surface area contributed by atoms with Gasteiger partial charge in [0, 0.05) is 18.8 Å². The minimum absolute atomic E-state index is 0.0439. The molecule has 1 saturated heterocycles. The number of aromatic amines is 1. The SMILES string of the molecule is Cc1ccc2[nH]c(C(=O)N3CCC(CC(C)(C)O)CC3)cc2n1. The van der Waals surface area contributed by atoms with E-state index in [0.29, 0.717) is 11.6 Å². The summed E-state index contributed by atoms with van der Waals surface area (Å²) in [5, 5.41) is 9.93. The molecule has 0 radical (unpaired) electrons. The quantitative estimate of drug-likeness (QED) is 0.915. The lowest BCUT2D eigenvalue weighted by molar-refractivity contribution is 0.0357. The van der Waals surface area contributed by atoms with Crippen molar-refractivity contribution in [3.05, 3.63) is 29.6 Å². The fourth-order valence-corrected chi connectivity index (χ4v) is 3.44. The summed E-state index contributed by atoms with van der Waals surface area (Å²) in [5.74, 6) is 0.536. The topological polar surface area (TPSA) is 69.2 Å². The summed E-state index contributed by atoms with van der Waals surface area (Å²) in [4.78, 5) is 22.2. The van der Waals surface area contributed by atoms with Crippen LogP contribution in [-0.4, -0.2) is 44.6 Å². The monoisotopic (exact) mass is 315 g/mol. The standard InChI is InChI=1S/C18H25N3O2/c1-12-4-5-14-15(19-12)10-16(20-14)17(22)21-8-6-13(7-9-21)11-18(2,3)23/h4-5,10,13,20,23H,6-9,11H2,1-3H3. The number of pyridine rings is 1. The Morgan fingerprint density at radius 1 is 1.39 bits per heavy atom. The fourth-order valence-electron chi connectivity index (χ4n) is 3.44. The fraction of sp³-hybridized carbons (Fsp3) is 0.556. The number of aryl methyl sites for hydroxylation is 1. The number of carbonyl (C=O) groups excluding carboxylic acids is 1. The summed E-state index contributed by atoms with van der Waals surface area (Å²) in [5.41, 5.74) is 2.67. The average Bonchev–Trinajstić information content (AvgIpc) is 2.88. The molecule has 5 heteroatoms. The van der Waals surface area contributed by atoms with Crippen LogP contribution in [0.3, 0.4) is 0 Å². The molecule has 1 aliphatic heterocycles. The zero-order valence-electron chi connectivity index (χ0n) is 14.1. The van der Waals surface area contributed by atoms with Gasteiger partial charge in [0.25, 0.3) is 5.91 Å². The number of H-pyrrole nitrogens is 1. The summed E-state index contributed by atoms with van der Waals surface area (Å²) < 4.78 is 0. The second-order valence-electron chi connectivity index (χ2n) is 7.32. The van der Waals surface area contributed by atoms with Gasteiger partial charge in [-0.15, -0.1) is 0 Å². The summed E-state index contributed by atoms with van der Waals surface area (Å²) in [6, 6.07) is 5.74. The number of aromatic nitrogens is 2. The van der Waals surface area contributed by atoms with Gasteiger partial charge >= 0.3 is 0 Å². The molecule has 1 amide bonds. The van der Waals surface area contributed by atoms with E-state index < -0.39 is 5.60 Å². The minimum Gasteiger partial charge on any atom is -0.390 e. The minimum atomic E-state index is -0.627. The first-order valence-corrected chi connectivity index (χ1v) is 8.30. The zero-order valence-corrected chi connectivity index (χ0v) is 14.1. The van der Waals surface area contributed by atoms with Crippen molar-refractivity contribution in [2.75, 3.05) is 13.1 Å². The summed E-state index contributed by atoms with van der Waals surface area (Å²) in [6.45, 7) is 7.15. The molecule has 3 heterocycles. The maximum absolute atomic E-state index is 12.7. The lowest BCUT2D eigenvalue weighted by Crippen LogP contribution is -2.40. The van der Waals surface area contributed by atoms with E-state index in [9.17, 15) is 9.90 Å². The number of hydrogen-bond acceptors (Lipinski definition) is 3. The molecule has 0 atom stereocenters. The molecule has 0 spiro atoms. The highest BCUT2D eigenvalue weighted by molar-refractivity contribution is 5.97. The van der Waals surface area contributed by atoms with Crippen LogP contribution in [0.15, 0.2) is 18.2 Å². The van der Waals surface area contributed by atoms with E-state index in [1.54, 1.807) is 0 Å². The molecule has 0 aliphatic carbocycles. The van der Waals surface area contributed by atoms with Crippen LogP contribution in [0.5, 0.6) is 0 Å². The Balaban J connectivity index is 1.66. The lowest BCUT2D eigenvalue weighted by Gasteiger charge is -2.34. The molecule has 2 aromatic rings. The number of nitrogens with zero attached hydrogens (tertiary/aromatic N) is 2. The van der Waals surface area contributed by atoms with E-state index in [1.165, 1.54) is 0 Å². The summed E-state index contributed by atoms with van der Waals surface area (Å²) >= 11 is 0. The highest BCUT2D eigenvalue weighted by Crippen LogP contribution is 2.27. The van der Waals surface area contributed by atoms with Gasteiger partial charge in [-0.05, 0) is 64.2 Å². The van der Waals surface area contributed by atoms with Gasteiger partial charge in [-0.1, -0.05) is 0 Å². The molecule has 0 unspecified atom stereocenters. The normalized spacial score (nSPS) is 17.0. The molecule has 23 heavy (non-hydrogen) atoms.